The van der Waals surface area contributed by atoms with E-state index >= 15 is 0 Å². The molecule has 4 heteroatoms. The molecule has 0 saturated heterocycles. The van der Waals surface area contributed by atoms with Crippen LogP contribution in [0.1, 0.15) is 28.8 Å². The van der Waals surface area contributed by atoms with E-state index in [1.165, 1.54) is 12.1 Å². The van der Waals surface area contributed by atoms with E-state index in [0.717, 1.165) is 35.2 Å². The predicted molar refractivity (Wildman–Crippen MR) is 114 cm³/mol. The van der Waals surface area contributed by atoms with Gasteiger partial charge >= 0.3 is 0 Å². The normalized spacial score (nSPS) is 11.5. The zero-order valence-electron chi connectivity index (χ0n) is 16.2. The van der Waals surface area contributed by atoms with Crippen LogP contribution in [0.5, 0.6) is 0 Å². The zero-order chi connectivity index (χ0) is 20.1. The SMILES string of the molecule is NCCCc1cn(C(c2ccccc2)(c2ccccc2)c2ccc(F)cc2)cn1. The van der Waals surface area contributed by atoms with Crippen LogP contribution >= 0.6 is 0 Å². The summed E-state index contributed by atoms with van der Waals surface area (Å²) in [6, 6.07) is 27.3. The van der Waals surface area contributed by atoms with Crippen molar-refractivity contribution >= 4 is 0 Å². The highest BCUT2D eigenvalue weighted by Crippen LogP contribution is 2.40. The second kappa shape index (κ2) is 8.41. The van der Waals surface area contributed by atoms with E-state index in [0.29, 0.717) is 6.54 Å². The Bertz CT molecular complexity index is 1000. The number of hydrogen-bond acceptors (Lipinski definition) is 2. The minimum absolute atomic E-state index is 0.252. The number of aromatic nitrogens is 2. The zero-order valence-corrected chi connectivity index (χ0v) is 16.2. The van der Waals surface area contributed by atoms with E-state index in [4.69, 9.17) is 5.73 Å². The molecule has 0 unspecified atom stereocenters. The predicted octanol–water partition coefficient (Wildman–Crippen LogP) is 4.75. The van der Waals surface area contributed by atoms with Gasteiger partial charge in [0.15, 0.2) is 0 Å². The highest BCUT2D eigenvalue weighted by Gasteiger charge is 2.38. The molecule has 2 N–H and O–H groups in total. The number of rotatable bonds is 7. The number of halogens is 1. The molecule has 4 rings (SSSR count). The van der Waals surface area contributed by atoms with E-state index in [2.05, 4.69) is 40.0 Å². The van der Waals surface area contributed by atoms with Crippen LogP contribution in [0.25, 0.3) is 0 Å². The van der Waals surface area contributed by atoms with Crippen molar-refractivity contribution in [1.29, 1.82) is 0 Å². The van der Waals surface area contributed by atoms with Gasteiger partial charge in [-0.2, -0.15) is 0 Å². The molecule has 0 bridgehead atoms. The lowest BCUT2D eigenvalue weighted by atomic mass is 9.76. The first-order valence-electron chi connectivity index (χ1n) is 9.85. The quantitative estimate of drug-likeness (QED) is 0.467. The molecular weight excluding hydrogens is 361 g/mol. The molecule has 3 nitrogen and oxygen atoms in total. The van der Waals surface area contributed by atoms with Gasteiger partial charge in [-0.15, -0.1) is 0 Å². The number of nitrogens with zero attached hydrogens (tertiary/aromatic N) is 2. The molecule has 0 aliphatic carbocycles. The van der Waals surface area contributed by atoms with Crippen molar-refractivity contribution in [1.82, 2.24) is 9.55 Å². The number of nitrogens with two attached hydrogens (primary N) is 1. The third-order valence-electron chi connectivity index (χ3n) is 5.31. The van der Waals surface area contributed by atoms with Gasteiger partial charge in [0.1, 0.15) is 11.4 Å². The first-order chi connectivity index (χ1) is 14.2. The van der Waals surface area contributed by atoms with Crippen molar-refractivity contribution in [2.45, 2.75) is 18.4 Å². The van der Waals surface area contributed by atoms with Gasteiger partial charge < -0.3 is 10.3 Å². The number of hydrogen-bond donors (Lipinski definition) is 1. The lowest BCUT2D eigenvalue weighted by molar-refractivity contribution is 0.512. The molecule has 0 radical (unpaired) electrons. The van der Waals surface area contributed by atoms with Gasteiger partial charge in [-0.3, -0.25) is 0 Å². The molecule has 0 aliphatic heterocycles. The third kappa shape index (κ3) is 3.59. The van der Waals surface area contributed by atoms with Gasteiger partial charge in [-0.25, -0.2) is 9.37 Å². The van der Waals surface area contributed by atoms with Crippen molar-refractivity contribution in [2.75, 3.05) is 6.54 Å². The molecule has 4 aromatic rings. The molecule has 3 aromatic carbocycles. The Kier molecular flexibility index (Phi) is 5.54. The Morgan fingerprint density at radius 1 is 0.793 bits per heavy atom. The maximum atomic E-state index is 13.8. The number of benzene rings is 3. The summed E-state index contributed by atoms with van der Waals surface area (Å²) in [6.45, 7) is 0.632. The fourth-order valence-electron chi connectivity index (χ4n) is 3.96. The Hall–Kier alpha value is -3.24. The van der Waals surface area contributed by atoms with Crippen LogP contribution in [0, 0.1) is 5.82 Å². The molecule has 0 spiro atoms. The summed E-state index contributed by atoms with van der Waals surface area (Å²) in [4.78, 5) is 4.65. The van der Waals surface area contributed by atoms with Crippen LogP contribution in [0.4, 0.5) is 4.39 Å². The standard InChI is InChI=1S/C25H24FN3/c26-23-15-13-22(14-16-23)25(20-8-3-1-4-9-20,21-10-5-2-6-11-21)29-18-24(28-19-29)12-7-17-27/h1-6,8-11,13-16,18-19H,7,12,17,27H2. The molecule has 0 amide bonds. The molecule has 1 heterocycles. The van der Waals surface area contributed by atoms with Gasteiger partial charge in [-0.1, -0.05) is 72.8 Å². The van der Waals surface area contributed by atoms with Crippen molar-refractivity contribution in [3.63, 3.8) is 0 Å². The first kappa shape index (κ1) is 19.1. The fraction of sp³-hybridized carbons (Fsp3) is 0.160. The highest BCUT2D eigenvalue weighted by atomic mass is 19.1. The Labute approximate surface area is 170 Å². The summed E-state index contributed by atoms with van der Waals surface area (Å²) in [7, 11) is 0. The van der Waals surface area contributed by atoms with Gasteiger partial charge in [0.05, 0.1) is 12.0 Å². The minimum Gasteiger partial charge on any atom is -0.330 e. The summed E-state index contributed by atoms with van der Waals surface area (Å²) in [5.41, 5.74) is 9.16. The summed E-state index contributed by atoms with van der Waals surface area (Å²) >= 11 is 0. The van der Waals surface area contributed by atoms with E-state index < -0.39 is 5.54 Å². The van der Waals surface area contributed by atoms with Crippen molar-refractivity contribution in [3.05, 3.63) is 126 Å². The van der Waals surface area contributed by atoms with Crippen LogP contribution in [-0.2, 0) is 12.0 Å². The van der Waals surface area contributed by atoms with Crippen molar-refractivity contribution < 1.29 is 4.39 Å². The monoisotopic (exact) mass is 385 g/mol. The van der Waals surface area contributed by atoms with Crippen molar-refractivity contribution in [3.8, 4) is 0 Å². The molecule has 1 aromatic heterocycles. The third-order valence-corrected chi connectivity index (χ3v) is 5.31. The maximum Gasteiger partial charge on any atom is 0.123 e. The molecule has 0 fully saturated rings. The topological polar surface area (TPSA) is 43.8 Å². The first-order valence-corrected chi connectivity index (χ1v) is 9.85. The van der Waals surface area contributed by atoms with E-state index in [1.54, 1.807) is 0 Å². The number of imidazole rings is 1. The Balaban J connectivity index is 2.01. The summed E-state index contributed by atoms with van der Waals surface area (Å²) in [5, 5.41) is 0. The summed E-state index contributed by atoms with van der Waals surface area (Å²) < 4.78 is 15.9. The average Bonchev–Trinajstić information content (AvgIpc) is 3.25. The smallest absolute Gasteiger partial charge is 0.123 e. The van der Waals surface area contributed by atoms with Gasteiger partial charge in [0.2, 0.25) is 0 Å². The van der Waals surface area contributed by atoms with Crippen LogP contribution in [0.15, 0.2) is 97.5 Å². The number of aryl methyl sites for hydroxylation is 1. The van der Waals surface area contributed by atoms with Gasteiger partial charge in [0.25, 0.3) is 0 Å². The lowest BCUT2D eigenvalue weighted by Crippen LogP contribution is -2.37. The molecule has 146 valence electrons. The van der Waals surface area contributed by atoms with E-state index in [1.807, 2.05) is 54.9 Å². The van der Waals surface area contributed by atoms with Crippen LogP contribution in [-0.4, -0.2) is 16.1 Å². The van der Waals surface area contributed by atoms with Crippen molar-refractivity contribution in [2.24, 2.45) is 5.73 Å². The van der Waals surface area contributed by atoms with E-state index in [9.17, 15) is 4.39 Å². The average molecular weight is 385 g/mol. The summed E-state index contributed by atoms with van der Waals surface area (Å²) in [5.74, 6) is -0.252. The molecule has 0 aliphatic rings. The van der Waals surface area contributed by atoms with Crippen LogP contribution in [0.3, 0.4) is 0 Å². The van der Waals surface area contributed by atoms with Gasteiger partial charge in [-0.05, 0) is 48.2 Å². The second-order valence-corrected chi connectivity index (χ2v) is 7.11. The Morgan fingerprint density at radius 2 is 1.34 bits per heavy atom. The second-order valence-electron chi connectivity index (χ2n) is 7.11. The minimum atomic E-state index is -0.663. The van der Waals surface area contributed by atoms with Gasteiger partial charge in [0, 0.05) is 6.20 Å². The molecular formula is C25H24FN3. The molecule has 0 atom stereocenters. The van der Waals surface area contributed by atoms with Crippen LogP contribution < -0.4 is 5.73 Å². The largest absolute Gasteiger partial charge is 0.330 e. The lowest BCUT2D eigenvalue weighted by Gasteiger charge is -2.37. The fourth-order valence-corrected chi connectivity index (χ4v) is 3.96. The summed E-state index contributed by atoms with van der Waals surface area (Å²) in [6.07, 6.45) is 5.66. The molecule has 29 heavy (non-hydrogen) atoms. The van der Waals surface area contributed by atoms with E-state index in [-0.39, 0.29) is 5.82 Å². The van der Waals surface area contributed by atoms with Crippen LogP contribution in [0.2, 0.25) is 0 Å². The highest BCUT2D eigenvalue weighted by molar-refractivity contribution is 5.50. The molecule has 0 saturated carbocycles. The Morgan fingerprint density at radius 3 is 1.90 bits per heavy atom. The maximum absolute atomic E-state index is 13.8.